The standard InChI is InChI=1S/C17H26N4O/c1-4-13(3)22-17-19-15-11-12(2)5-6-14(15)16(20-17)21-9-7-18-8-10-21/h13,18H,2,4-11H2,1,3H3/t13-/m1/s1. The van der Waals surface area contributed by atoms with Crippen LogP contribution in [-0.2, 0) is 12.8 Å². The van der Waals surface area contributed by atoms with Crippen molar-refractivity contribution < 1.29 is 4.74 Å². The van der Waals surface area contributed by atoms with Crippen LogP contribution < -0.4 is 15.0 Å². The smallest absolute Gasteiger partial charge is 0.318 e. The summed E-state index contributed by atoms with van der Waals surface area (Å²) in [7, 11) is 0. The van der Waals surface area contributed by atoms with Crippen LogP contribution in [0.1, 0.15) is 37.9 Å². The van der Waals surface area contributed by atoms with Gasteiger partial charge in [0.1, 0.15) is 5.82 Å². The van der Waals surface area contributed by atoms with E-state index in [1.807, 2.05) is 0 Å². The minimum atomic E-state index is 0.140. The van der Waals surface area contributed by atoms with E-state index < -0.39 is 0 Å². The van der Waals surface area contributed by atoms with E-state index in [0.29, 0.717) is 6.01 Å². The normalized spacial score (nSPS) is 19.7. The summed E-state index contributed by atoms with van der Waals surface area (Å²) in [6.45, 7) is 12.3. The maximum atomic E-state index is 5.90. The molecule has 5 heteroatoms. The van der Waals surface area contributed by atoms with Crippen LogP contribution in [0.4, 0.5) is 5.82 Å². The van der Waals surface area contributed by atoms with Crippen molar-refractivity contribution >= 4 is 5.82 Å². The van der Waals surface area contributed by atoms with Crippen LogP contribution in [0.3, 0.4) is 0 Å². The number of nitrogens with zero attached hydrogens (tertiary/aromatic N) is 3. The van der Waals surface area contributed by atoms with E-state index in [2.05, 4.69) is 35.6 Å². The van der Waals surface area contributed by atoms with Gasteiger partial charge in [-0.1, -0.05) is 19.1 Å². The third-order valence-electron chi connectivity index (χ3n) is 4.49. The quantitative estimate of drug-likeness (QED) is 0.863. The number of allylic oxidation sites excluding steroid dienone is 1. The summed E-state index contributed by atoms with van der Waals surface area (Å²) in [5, 5.41) is 3.40. The lowest BCUT2D eigenvalue weighted by Gasteiger charge is -2.32. The van der Waals surface area contributed by atoms with E-state index in [-0.39, 0.29) is 6.10 Å². The van der Waals surface area contributed by atoms with Gasteiger partial charge in [-0.15, -0.1) is 0 Å². The van der Waals surface area contributed by atoms with Crippen LogP contribution in [-0.4, -0.2) is 42.3 Å². The zero-order valence-corrected chi connectivity index (χ0v) is 13.7. The topological polar surface area (TPSA) is 50.3 Å². The highest BCUT2D eigenvalue weighted by atomic mass is 16.5. The fraction of sp³-hybridized carbons (Fsp3) is 0.647. The molecule has 120 valence electrons. The second kappa shape index (κ2) is 6.65. The Morgan fingerprint density at radius 2 is 2.05 bits per heavy atom. The van der Waals surface area contributed by atoms with Crippen molar-refractivity contribution in [3.8, 4) is 6.01 Å². The van der Waals surface area contributed by atoms with E-state index in [1.54, 1.807) is 0 Å². The number of ether oxygens (including phenoxy) is 1. The maximum Gasteiger partial charge on any atom is 0.318 e. The molecule has 1 atom stereocenters. The Balaban J connectivity index is 1.96. The van der Waals surface area contributed by atoms with Crippen molar-refractivity contribution in [1.29, 1.82) is 0 Å². The molecule has 1 aliphatic carbocycles. The van der Waals surface area contributed by atoms with Gasteiger partial charge in [-0.05, 0) is 26.2 Å². The molecule has 1 saturated heterocycles. The molecule has 1 fully saturated rings. The van der Waals surface area contributed by atoms with Gasteiger partial charge in [0, 0.05) is 38.2 Å². The third-order valence-corrected chi connectivity index (χ3v) is 4.49. The predicted octanol–water partition coefficient (Wildman–Crippen LogP) is 2.11. The second-order valence-corrected chi connectivity index (χ2v) is 6.26. The Labute approximate surface area is 132 Å². The van der Waals surface area contributed by atoms with Crippen molar-refractivity contribution in [2.24, 2.45) is 0 Å². The van der Waals surface area contributed by atoms with Gasteiger partial charge in [-0.2, -0.15) is 9.97 Å². The number of anilines is 1. The van der Waals surface area contributed by atoms with Gasteiger partial charge in [0.25, 0.3) is 0 Å². The van der Waals surface area contributed by atoms with Crippen molar-refractivity contribution in [1.82, 2.24) is 15.3 Å². The lowest BCUT2D eigenvalue weighted by Crippen LogP contribution is -2.44. The Kier molecular flexibility index (Phi) is 4.62. The Morgan fingerprint density at radius 1 is 1.27 bits per heavy atom. The Morgan fingerprint density at radius 3 is 2.77 bits per heavy atom. The molecule has 1 aromatic heterocycles. The van der Waals surface area contributed by atoms with Crippen LogP contribution in [0.2, 0.25) is 0 Å². The first kappa shape index (κ1) is 15.3. The van der Waals surface area contributed by atoms with Gasteiger partial charge >= 0.3 is 6.01 Å². The highest BCUT2D eigenvalue weighted by molar-refractivity contribution is 5.53. The molecule has 1 aromatic rings. The van der Waals surface area contributed by atoms with Gasteiger partial charge in [0.05, 0.1) is 11.8 Å². The van der Waals surface area contributed by atoms with E-state index in [1.165, 1.54) is 11.1 Å². The second-order valence-electron chi connectivity index (χ2n) is 6.26. The molecule has 0 radical (unpaired) electrons. The molecular weight excluding hydrogens is 276 g/mol. The fourth-order valence-electron chi connectivity index (χ4n) is 2.98. The first-order chi connectivity index (χ1) is 10.7. The molecule has 22 heavy (non-hydrogen) atoms. The van der Waals surface area contributed by atoms with Gasteiger partial charge in [-0.3, -0.25) is 0 Å². The molecule has 0 bridgehead atoms. The molecule has 1 N–H and O–H groups in total. The first-order valence-electron chi connectivity index (χ1n) is 8.36. The minimum absolute atomic E-state index is 0.140. The van der Waals surface area contributed by atoms with Crippen molar-refractivity contribution in [3.63, 3.8) is 0 Å². The molecule has 0 spiro atoms. The largest absolute Gasteiger partial charge is 0.460 e. The summed E-state index contributed by atoms with van der Waals surface area (Å²) >= 11 is 0. The number of hydrogen-bond acceptors (Lipinski definition) is 5. The van der Waals surface area contributed by atoms with Gasteiger partial charge < -0.3 is 15.0 Å². The van der Waals surface area contributed by atoms with Gasteiger partial charge in [0.2, 0.25) is 0 Å². The number of fused-ring (bicyclic) bond motifs is 1. The third kappa shape index (κ3) is 3.24. The maximum absolute atomic E-state index is 5.90. The average Bonchev–Trinajstić information content (AvgIpc) is 2.54. The highest BCUT2D eigenvalue weighted by Gasteiger charge is 2.24. The van der Waals surface area contributed by atoms with Crippen molar-refractivity contribution in [3.05, 3.63) is 23.4 Å². The monoisotopic (exact) mass is 302 g/mol. The average molecular weight is 302 g/mol. The number of piperazine rings is 1. The Hall–Kier alpha value is -1.62. The Bertz CT molecular complexity index is 552. The number of rotatable bonds is 4. The zero-order chi connectivity index (χ0) is 15.5. The zero-order valence-electron chi connectivity index (χ0n) is 13.7. The van der Waals surface area contributed by atoms with Crippen molar-refractivity contribution in [2.75, 3.05) is 31.1 Å². The van der Waals surface area contributed by atoms with Crippen LogP contribution in [0.25, 0.3) is 0 Å². The van der Waals surface area contributed by atoms with Crippen LogP contribution in [0.15, 0.2) is 12.2 Å². The lowest BCUT2D eigenvalue weighted by atomic mass is 9.92. The first-order valence-corrected chi connectivity index (χ1v) is 8.36. The summed E-state index contributed by atoms with van der Waals surface area (Å²) in [4.78, 5) is 11.8. The molecule has 0 saturated carbocycles. The fourth-order valence-corrected chi connectivity index (χ4v) is 2.98. The lowest BCUT2D eigenvalue weighted by molar-refractivity contribution is 0.198. The van der Waals surface area contributed by atoms with E-state index >= 15 is 0 Å². The molecule has 3 rings (SSSR count). The number of aromatic nitrogens is 2. The van der Waals surface area contributed by atoms with E-state index in [4.69, 9.17) is 9.72 Å². The van der Waals surface area contributed by atoms with Gasteiger partial charge in [-0.25, -0.2) is 0 Å². The van der Waals surface area contributed by atoms with Gasteiger partial charge in [0.15, 0.2) is 0 Å². The molecular formula is C17H26N4O. The summed E-state index contributed by atoms with van der Waals surface area (Å²) in [5.74, 6) is 1.08. The SMILES string of the molecule is C=C1CCc2c(nc(O[C@H](C)CC)nc2N2CCNCC2)C1. The van der Waals surface area contributed by atoms with E-state index in [0.717, 1.165) is 63.4 Å². The van der Waals surface area contributed by atoms with Crippen LogP contribution >= 0.6 is 0 Å². The molecule has 0 aromatic carbocycles. The number of hydrogen-bond donors (Lipinski definition) is 1. The molecule has 0 amide bonds. The summed E-state index contributed by atoms with van der Waals surface area (Å²) in [6.07, 6.45) is 3.99. The molecule has 2 aliphatic rings. The minimum Gasteiger partial charge on any atom is -0.460 e. The predicted molar refractivity (Wildman–Crippen MR) is 88.7 cm³/mol. The van der Waals surface area contributed by atoms with Crippen LogP contribution in [0.5, 0.6) is 6.01 Å². The highest BCUT2D eigenvalue weighted by Crippen LogP contribution is 2.31. The molecule has 5 nitrogen and oxygen atoms in total. The molecule has 1 aliphatic heterocycles. The molecule has 2 heterocycles. The van der Waals surface area contributed by atoms with E-state index in [9.17, 15) is 0 Å². The van der Waals surface area contributed by atoms with Crippen LogP contribution in [0, 0.1) is 0 Å². The summed E-state index contributed by atoms with van der Waals surface area (Å²) in [5.41, 5.74) is 3.66. The number of nitrogens with one attached hydrogen (secondary N) is 1. The molecule has 0 unspecified atom stereocenters. The van der Waals surface area contributed by atoms with Crippen molar-refractivity contribution in [2.45, 2.75) is 45.6 Å². The summed E-state index contributed by atoms with van der Waals surface area (Å²) in [6, 6.07) is 0.524. The summed E-state index contributed by atoms with van der Waals surface area (Å²) < 4.78 is 5.90.